The SMILES string of the molecule is CCOC(=O)c1c(NC(=O)CCn2c(C)csc2=O)sc(C)c1C. The van der Waals surface area contributed by atoms with Gasteiger partial charge >= 0.3 is 10.8 Å². The Morgan fingerprint density at radius 3 is 2.58 bits per heavy atom. The summed E-state index contributed by atoms with van der Waals surface area (Å²) in [4.78, 5) is 36.9. The van der Waals surface area contributed by atoms with Gasteiger partial charge in [-0.05, 0) is 33.3 Å². The van der Waals surface area contributed by atoms with E-state index in [-0.39, 0.29) is 23.8 Å². The molecule has 0 saturated heterocycles. The molecule has 2 aromatic heterocycles. The Labute approximate surface area is 148 Å². The maximum Gasteiger partial charge on any atom is 0.341 e. The van der Waals surface area contributed by atoms with E-state index >= 15 is 0 Å². The van der Waals surface area contributed by atoms with Crippen LogP contribution in [0.2, 0.25) is 0 Å². The molecular weight excluding hydrogens is 348 g/mol. The first-order valence-corrected chi connectivity index (χ1v) is 9.26. The number of thiazole rings is 1. The molecule has 0 aliphatic carbocycles. The van der Waals surface area contributed by atoms with Crippen LogP contribution in [0.1, 0.15) is 39.8 Å². The molecule has 8 heteroatoms. The number of aryl methyl sites for hydroxylation is 2. The molecule has 6 nitrogen and oxygen atoms in total. The zero-order valence-corrected chi connectivity index (χ0v) is 15.7. The zero-order valence-electron chi connectivity index (χ0n) is 14.1. The van der Waals surface area contributed by atoms with Crippen LogP contribution in [-0.2, 0) is 16.1 Å². The van der Waals surface area contributed by atoms with Crippen molar-refractivity contribution in [3.63, 3.8) is 0 Å². The molecule has 0 unspecified atom stereocenters. The number of ether oxygens (including phenoxy) is 1. The van der Waals surface area contributed by atoms with Gasteiger partial charge in [-0.1, -0.05) is 11.3 Å². The Hall–Kier alpha value is -1.93. The lowest BCUT2D eigenvalue weighted by Gasteiger charge is -2.08. The van der Waals surface area contributed by atoms with E-state index in [0.29, 0.717) is 17.1 Å². The van der Waals surface area contributed by atoms with Gasteiger partial charge in [-0.25, -0.2) is 4.79 Å². The van der Waals surface area contributed by atoms with E-state index in [4.69, 9.17) is 4.74 Å². The average Bonchev–Trinajstić information content (AvgIpc) is 2.97. The minimum absolute atomic E-state index is 0.0738. The number of amides is 1. The molecule has 0 saturated carbocycles. The molecule has 2 heterocycles. The lowest BCUT2D eigenvalue weighted by atomic mass is 10.1. The van der Waals surface area contributed by atoms with Gasteiger partial charge in [0.2, 0.25) is 5.91 Å². The maximum absolute atomic E-state index is 12.2. The smallest absolute Gasteiger partial charge is 0.341 e. The second kappa shape index (κ2) is 7.76. The fraction of sp³-hybridized carbons (Fsp3) is 0.438. The van der Waals surface area contributed by atoms with E-state index in [1.165, 1.54) is 11.3 Å². The molecule has 0 spiro atoms. The lowest BCUT2D eigenvalue weighted by molar-refractivity contribution is -0.116. The summed E-state index contributed by atoms with van der Waals surface area (Å²) < 4.78 is 6.64. The summed E-state index contributed by atoms with van der Waals surface area (Å²) in [5.74, 6) is -0.668. The van der Waals surface area contributed by atoms with Gasteiger partial charge < -0.3 is 14.6 Å². The summed E-state index contributed by atoms with van der Waals surface area (Å²) in [6.07, 6.45) is 0.162. The third kappa shape index (κ3) is 3.93. The minimum Gasteiger partial charge on any atom is -0.462 e. The first-order chi connectivity index (χ1) is 11.3. The molecule has 0 fully saturated rings. The van der Waals surface area contributed by atoms with E-state index in [9.17, 15) is 14.4 Å². The van der Waals surface area contributed by atoms with Crippen molar-refractivity contribution in [1.29, 1.82) is 0 Å². The largest absolute Gasteiger partial charge is 0.462 e. The maximum atomic E-state index is 12.2. The van der Waals surface area contributed by atoms with Crippen molar-refractivity contribution in [1.82, 2.24) is 4.57 Å². The van der Waals surface area contributed by atoms with Crippen LogP contribution in [-0.4, -0.2) is 23.1 Å². The van der Waals surface area contributed by atoms with Gasteiger partial charge in [-0.2, -0.15) is 0 Å². The molecule has 0 atom stereocenters. The summed E-state index contributed by atoms with van der Waals surface area (Å²) >= 11 is 2.47. The van der Waals surface area contributed by atoms with Gasteiger partial charge in [0.25, 0.3) is 0 Å². The van der Waals surface area contributed by atoms with Gasteiger partial charge in [0.15, 0.2) is 0 Å². The van der Waals surface area contributed by atoms with E-state index in [2.05, 4.69) is 5.32 Å². The zero-order chi connectivity index (χ0) is 17.9. The van der Waals surface area contributed by atoms with Crippen LogP contribution < -0.4 is 10.2 Å². The number of nitrogens with one attached hydrogen (secondary N) is 1. The predicted octanol–water partition coefficient (Wildman–Crippen LogP) is 3.10. The number of nitrogens with zero attached hydrogens (tertiary/aromatic N) is 1. The highest BCUT2D eigenvalue weighted by molar-refractivity contribution is 7.16. The molecule has 0 aromatic carbocycles. The first kappa shape index (κ1) is 18.4. The number of anilines is 1. The average molecular weight is 368 g/mol. The Bertz CT molecular complexity index is 817. The molecule has 0 aliphatic heterocycles. The normalized spacial score (nSPS) is 10.7. The number of aromatic nitrogens is 1. The van der Waals surface area contributed by atoms with Crippen molar-refractivity contribution in [2.24, 2.45) is 0 Å². The molecule has 24 heavy (non-hydrogen) atoms. The molecule has 1 amide bonds. The van der Waals surface area contributed by atoms with Gasteiger partial charge in [-0.3, -0.25) is 9.59 Å². The fourth-order valence-electron chi connectivity index (χ4n) is 2.24. The number of rotatable bonds is 6. The number of hydrogen-bond donors (Lipinski definition) is 1. The summed E-state index contributed by atoms with van der Waals surface area (Å²) in [7, 11) is 0. The lowest BCUT2D eigenvalue weighted by Crippen LogP contribution is -2.20. The Morgan fingerprint density at radius 1 is 1.29 bits per heavy atom. The topological polar surface area (TPSA) is 77.4 Å². The van der Waals surface area contributed by atoms with E-state index < -0.39 is 5.97 Å². The van der Waals surface area contributed by atoms with Crippen molar-refractivity contribution >= 4 is 39.6 Å². The van der Waals surface area contributed by atoms with Crippen LogP contribution in [0.15, 0.2) is 10.2 Å². The number of thiophene rings is 1. The van der Waals surface area contributed by atoms with Crippen molar-refractivity contribution in [2.45, 2.75) is 40.7 Å². The second-order valence-corrected chi connectivity index (χ2v) is 7.35. The van der Waals surface area contributed by atoms with Gasteiger partial charge in [0, 0.05) is 28.9 Å². The summed E-state index contributed by atoms with van der Waals surface area (Å²) in [6.45, 7) is 7.90. The summed E-state index contributed by atoms with van der Waals surface area (Å²) in [6, 6.07) is 0. The quantitative estimate of drug-likeness (QED) is 0.795. The number of carbonyl (C=O) groups excluding carboxylic acids is 2. The van der Waals surface area contributed by atoms with Crippen LogP contribution in [0.5, 0.6) is 0 Å². The molecular formula is C16H20N2O4S2. The van der Waals surface area contributed by atoms with E-state index in [1.54, 1.807) is 16.9 Å². The van der Waals surface area contributed by atoms with Crippen LogP contribution in [0.3, 0.4) is 0 Å². The third-order valence-corrected chi connectivity index (χ3v) is 5.66. The minimum atomic E-state index is -0.431. The molecule has 0 bridgehead atoms. The monoisotopic (exact) mass is 368 g/mol. The number of hydrogen-bond acceptors (Lipinski definition) is 6. The predicted molar refractivity (Wildman–Crippen MR) is 96.3 cm³/mol. The highest BCUT2D eigenvalue weighted by Gasteiger charge is 2.22. The van der Waals surface area contributed by atoms with Crippen LogP contribution in [0.25, 0.3) is 0 Å². The van der Waals surface area contributed by atoms with Crippen molar-refractivity contribution in [3.05, 3.63) is 36.7 Å². The second-order valence-electron chi connectivity index (χ2n) is 5.30. The number of carbonyl (C=O) groups is 2. The Balaban J connectivity index is 2.10. The van der Waals surface area contributed by atoms with Crippen LogP contribution >= 0.6 is 22.7 Å². The molecule has 130 valence electrons. The van der Waals surface area contributed by atoms with E-state index in [1.807, 2.05) is 20.8 Å². The summed E-state index contributed by atoms with van der Waals surface area (Å²) in [5.41, 5.74) is 2.07. The molecule has 2 aromatic rings. The number of esters is 1. The van der Waals surface area contributed by atoms with Gasteiger partial charge in [0.05, 0.1) is 12.2 Å². The fourth-order valence-corrected chi connectivity index (χ4v) is 4.07. The van der Waals surface area contributed by atoms with Gasteiger partial charge in [0.1, 0.15) is 5.00 Å². The molecule has 2 rings (SSSR count). The first-order valence-electron chi connectivity index (χ1n) is 7.57. The van der Waals surface area contributed by atoms with Crippen molar-refractivity contribution < 1.29 is 14.3 Å². The molecule has 0 aliphatic rings. The van der Waals surface area contributed by atoms with Crippen molar-refractivity contribution in [2.75, 3.05) is 11.9 Å². The van der Waals surface area contributed by atoms with Gasteiger partial charge in [-0.15, -0.1) is 11.3 Å². The summed E-state index contributed by atoms with van der Waals surface area (Å²) in [5, 5.41) is 5.05. The van der Waals surface area contributed by atoms with Crippen LogP contribution in [0.4, 0.5) is 5.00 Å². The highest BCUT2D eigenvalue weighted by Crippen LogP contribution is 2.33. The highest BCUT2D eigenvalue weighted by atomic mass is 32.1. The Morgan fingerprint density at radius 2 is 2.00 bits per heavy atom. The third-order valence-electron chi connectivity index (χ3n) is 3.66. The van der Waals surface area contributed by atoms with Crippen LogP contribution in [0, 0.1) is 20.8 Å². The van der Waals surface area contributed by atoms with E-state index in [0.717, 1.165) is 27.5 Å². The van der Waals surface area contributed by atoms with Crippen molar-refractivity contribution in [3.8, 4) is 0 Å². The Kier molecular flexibility index (Phi) is 5.95. The molecule has 1 N–H and O–H groups in total. The molecule has 0 radical (unpaired) electrons. The standard InChI is InChI=1S/C16H20N2O4S2/c1-5-22-15(20)13-10(3)11(4)24-14(13)17-12(19)6-7-18-9(2)8-23-16(18)21/h8H,5-7H2,1-4H3,(H,17,19).